The molecule has 0 saturated carbocycles. The third-order valence-electron chi connectivity index (χ3n) is 6.29. The van der Waals surface area contributed by atoms with Gasteiger partial charge in [0.05, 0.1) is 20.8 Å². The normalized spacial score (nSPS) is 21.9. The van der Waals surface area contributed by atoms with Crippen LogP contribution in [-0.4, -0.2) is 119 Å². The highest BCUT2D eigenvalue weighted by Crippen LogP contribution is 2.28. The van der Waals surface area contributed by atoms with Crippen LogP contribution in [-0.2, 0) is 6.54 Å². The molecule has 2 aliphatic heterocycles. The first kappa shape index (κ1) is 23.6. The van der Waals surface area contributed by atoms with Crippen molar-refractivity contribution in [2.75, 3.05) is 87.2 Å². The van der Waals surface area contributed by atoms with E-state index in [-0.39, 0.29) is 0 Å². The number of rotatable bonds is 7. The molecule has 1 atom stereocenters. The van der Waals surface area contributed by atoms with Gasteiger partial charge in [0.15, 0.2) is 17.5 Å². The summed E-state index contributed by atoms with van der Waals surface area (Å²) >= 11 is 0. The van der Waals surface area contributed by atoms with Gasteiger partial charge < -0.3 is 24.6 Å². The van der Waals surface area contributed by atoms with Gasteiger partial charge in [0.25, 0.3) is 0 Å². The Labute approximate surface area is 187 Å². The van der Waals surface area contributed by atoms with E-state index in [0.717, 1.165) is 82.9 Å². The van der Waals surface area contributed by atoms with Crippen LogP contribution in [0.15, 0.2) is 23.2 Å². The molecule has 2 aliphatic rings. The largest absolute Gasteiger partial charge is 0.493 e. The SMILES string of the molecule is CCNC(=NCC1CN(C)CCN1C)N1CCN(Cc2ccc(OC)c(OC)c2)CC1. The molecule has 3 rings (SSSR count). The van der Waals surface area contributed by atoms with E-state index in [2.05, 4.69) is 58.1 Å². The summed E-state index contributed by atoms with van der Waals surface area (Å²) < 4.78 is 10.8. The van der Waals surface area contributed by atoms with Crippen molar-refractivity contribution in [2.45, 2.75) is 19.5 Å². The van der Waals surface area contributed by atoms with Gasteiger partial charge >= 0.3 is 0 Å². The van der Waals surface area contributed by atoms with E-state index in [1.165, 1.54) is 5.56 Å². The van der Waals surface area contributed by atoms with E-state index in [1.807, 2.05) is 6.07 Å². The molecule has 0 amide bonds. The van der Waals surface area contributed by atoms with Gasteiger partial charge in [0.2, 0.25) is 0 Å². The van der Waals surface area contributed by atoms with Gasteiger partial charge in [-0.3, -0.25) is 14.8 Å². The molecule has 0 spiro atoms. The van der Waals surface area contributed by atoms with Crippen molar-refractivity contribution in [2.24, 2.45) is 4.99 Å². The molecule has 2 saturated heterocycles. The smallest absolute Gasteiger partial charge is 0.194 e. The van der Waals surface area contributed by atoms with E-state index in [1.54, 1.807) is 14.2 Å². The zero-order valence-corrected chi connectivity index (χ0v) is 19.9. The molecule has 0 aromatic heterocycles. The molecule has 8 heteroatoms. The number of likely N-dealkylation sites (N-methyl/N-ethyl adjacent to an activating group) is 2. The molecule has 174 valence electrons. The summed E-state index contributed by atoms with van der Waals surface area (Å²) in [4.78, 5) is 14.7. The number of benzene rings is 1. The van der Waals surface area contributed by atoms with Crippen molar-refractivity contribution < 1.29 is 9.47 Å². The highest BCUT2D eigenvalue weighted by Gasteiger charge is 2.24. The second-order valence-electron chi connectivity index (χ2n) is 8.54. The van der Waals surface area contributed by atoms with Gasteiger partial charge in [0.1, 0.15) is 0 Å². The number of hydrogen-bond donors (Lipinski definition) is 1. The number of methoxy groups -OCH3 is 2. The van der Waals surface area contributed by atoms with Gasteiger partial charge in [-0.1, -0.05) is 6.07 Å². The first-order valence-electron chi connectivity index (χ1n) is 11.4. The van der Waals surface area contributed by atoms with Crippen LogP contribution in [0.1, 0.15) is 12.5 Å². The fourth-order valence-corrected chi connectivity index (χ4v) is 4.27. The van der Waals surface area contributed by atoms with E-state index in [4.69, 9.17) is 14.5 Å². The Morgan fingerprint density at radius 3 is 2.45 bits per heavy atom. The van der Waals surface area contributed by atoms with Crippen molar-refractivity contribution in [1.82, 2.24) is 24.9 Å². The fraction of sp³-hybridized carbons (Fsp3) is 0.696. The molecule has 1 N–H and O–H groups in total. The minimum Gasteiger partial charge on any atom is -0.493 e. The second-order valence-corrected chi connectivity index (χ2v) is 8.54. The van der Waals surface area contributed by atoms with Gasteiger partial charge in [-0.05, 0) is 38.7 Å². The maximum atomic E-state index is 5.45. The molecular formula is C23H40N6O2. The predicted octanol–water partition coefficient (Wildman–Crippen LogP) is 1.03. The molecule has 0 aliphatic carbocycles. The van der Waals surface area contributed by atoms with Crippen LogP contribution in [0.25, 0.3) is 0 Å². The summed E-state index contributed by atoms with van der Waals surface area (Å²) in [6.45, 7) is 12.1. The quantitative estimate of drug-likeness (QED) is 0.510. The fourth-order valence-electron chi connectivity index (χ4n) is 4.27. The van der Waals surface area contributed by atoms with E-state index < -0.39 is 0 Å². The number of ether oxygens (including phenoxy) is 2. The molecule has 8 nitrogen and oxygen atoms in total. The second kappa shape index (κ2) is 11.5. The lowest BCUT2D eigenvalue weighted by Crippen LogP contribution is -2.54. The lowest BCUT2D eigenvalue weighted by molar-refractivity contribution is 0.119. The lowest BCUT2D eigenvalue weighted by atomic mass is 10.1. The Balaban J connectivity index is 1.55. The van der Waals surface area contributed by atoms with Crippen LogP contribution in [0.5, 0.6) is 11.5 Å². The number of aliphatic imine (C=N–C) groups is 1. The Hall–Kier alpha value is -2.03. The van der Waals surface area contributed by atoms with E-state index in [9.17, 15) is 0 Å². The lowest BCUT2D eigenvalue weighted by Gasteiger charge is -2.38. The monoisotopic (exact) mass is 432 g/mol. The summed E-state index contributed by atoms with van der Waals surface area (Å²) in [5.41, 5.74) is 1.25. The van der Waals surface area contributed by atoms with Crippen molar-refractivity contribution >= 4 is 5.96 Å². The standard InChI is InChI=1S/C23H40N6O2/c1-6-24-23(25-16-20-18-26(2)9-10-27(20)3)29-13-11-28(12-14-29)17-19-7-8-21(30-4)22(15-19)31-5/h7-8,15,20H,6,9-14,16-18H2,1-5H3,(H,24,25). The molecule has 0 radical (unpaired) electrons. The molecule has 1 aromatic rings. The van der Waals surface area contributed by atoms with E-state index in [0.29, 0.717) is 6.04 Å². The van der Waals surface area contributed by atoms with Crippen LogP contribution in [0.2, 0.25) is 0 Å². The zero-order chi connectivity index (χ0) is 22.2. The molecule has 0 bridgehead atoms. The number of nitrogens with zero attached hydrogens (tertiary/aromatic N) is 5. The topological polar surface area (TPSA) is 55.8 Å². The highest BCUT2D eigenvalue weighted by atomic mass is 16.5. The van der Waals surface area contributed by atoms with Gasteiger partial charge in [-0.15, -0.1) is 0 Å². The first-order chi connectivity index (χ1) is 15.0. The molecule has 31 heavy (non-hydrogen) atoms. The maximum Gasteiger partial charge on any atom is 0.194 e. The predicted molar refractivity (Wildman–Crippen MR) is 126 cm³/mol. The van der Waals surface area contributed by atoms with Crippen LogP contribution in [0, 0.1) is 0 Å². The number of hydrogen-bond acceptors (Lipinski definition) is 6. The first-order valence-corrected chi connectivity index (χ1v) is 11.4. The van der Waals surface area contributed by atoms with Gasteiger partial charge in [-0.25, -0.2) is 0 Å². The average Bonchev–Trinajstić information content (AvgIpc) is 2.79. The van der Waals surface area contributed by atoms with Crippen molar-refractivity contribution in [1.29, 1.82) is 0 Å². The van der Waals surface area contributed by atoms with Crippen molar-refractivity contribution in [3.8, 4) is 11.5 Å². The molecular weight excluding hydrogens is 392 g/mol. The Bertz CT molecular complexity index is 720. The summed E-state index contributed by atoms with van der Waals surface area (Å²) in [6.07, 6.45) is 0. The number of piperazine rings is 2. The Morgan fingerprint density at radius 1 is 1.03 bits per heavy atom. The molecule has 2 fully saturated rings. The van der Waals surface area contributed by atoms with Crippen molar-refractivity contribution in [3.63, 3.8) is 0 Å². The number of guanidine groups is 1. The van der Waals surface area contributed by atoms with Crippen LogP contribution >= 0.6 is 0 Å². The number of nitrogens with one attached hydrogen (secondary N) is 1. The molecule has 1 unspecified atom stereocenters. The summed E-state index contributed by atoms with van der Waals surface area (Å²) in [5.74, 6) is 2.62. The molecule has 2 heterocycles. The highest BCUT2D eigenvalue weighted by molar-refractivity contribution is 5.80. The molecule has 1 aromatic carbocycles. The third kappa shape index (κ3) is 6.48. The van der Waals surface area contributed by atoms with Crippen LogP contribution < -0.4 is 14.8 Å². The van der Waals surface area contributed by atoms with Crippen LogP contribution in [0.3, 0.4) is 0 Å². The van der Waals surface area contributed by atoms with Gasteiger partial charge in [-0.2, -0.15) is 0 Å². The summed E-state index contributed by atoms with van der Waals surface area (Å²) in [5, 5.41) is 3.51. The van der Waals surface area contributed by atoms with Crippen molar-refractivity contribution in [3.05, 3.63) is 23.8 Å². The Morgan fingerprint density at radius 2 is 1.77 bits per heavy atom. The third-order valence-corrected chi connectivity index (χ3v) is 6.29. The van der Waals surface area contributed by atoms with E-state index >= 15 is 0 Å². The van der Waals surface area contributed by atoms with Gasteiger partial charge in [0, 0.05) is 64.9 Å². The minimum absolute atomic E-state index is 0.485. The Kier molecular flexibility index (Phi) is 8.80. The average molecular weight is 433 g/mol. The minimum atomic E-state index is 0.485. The summed E-state index contributed by atoms with van der Waals surface area (Å²) in [6, 6.07) is 6.67. The van der Waals surface area contributed by atoms with Crippen LogP contribution in [0.4, 0.5) is 0 Å². The maximum absolute atomic E-state index is 5.45. The summed E-state index contributed by atoms with van der Waals surface area (Å²) in [7, 11) is 7.77. The zero-order valence-electron chi connectivity index (χ0n) is 19.9.